The fourth-order valence-electron chi connectivity index (χ4n) is 2.94. The molecule has 1 saturated carbocycles. The normalized spacial score (nSPS) is 17.0. The Morgan fingerprint density at radius 2 is 1.86 bits per heavy atom. The summed E-state index contributed by atoms with van der Waals surface area (Å²) in [4.78, 5) is 0. The fraction of sp³-hybridized carbons (Fsp3) is 0.647. The summed E-state index contributed by atoms with van der Waals surface area (Å²) < 4.78 is 41.6. The number of hydrogen-bond acceptors (Lipinski definition) is 1. The van der Waals surface area contributed by atoms with Crippen LogP contribution in [0.4, 0.5) is 13.2 Å². The van der Waals surface area contributed by atoms with Gasteiger partial charge in [-0.2, -0.15) is 13.2 Å². The molecule has 0 heterocycles. The van der Waals surface area contributed by atoms with Crippen molar-refractivity contribution in [2.75, 3.05) is 6.61 Å². The van der Waals surface area contributed by atoms with Gasteiger partial charge in [0.05, 0.1) is 13.0 Å². The van der Waals surface area contributed by atoms with Crippen LogP contribution in [-0.4, -0.2) is 12.8 Å². The Labute approximate surface area is 124 Å². The minimum Gasteiger partial charge on any atom is -0.493 e. The third-order valence-corrected chi connectivity index (χ3v) is 4.21. The maximum absolute atomic E-state index is 12.1. The van der Waals surface area contributed by atoms with Crippen LogP contribution >= 0.6 is 0 Å². The van der Waals surface area contributed by atoms with Gasteiger partial charge >= 0.3 is 6.18 Å². The highest BCUT2D eigenvalue weighted by Crippen LogP contribution is 2.29. The molecule has 0 saturated heterocycles. The highest BCUT2D eigenvalue weighted by molar-refractivity contribution is 5.35. The first-order valence-electron chi connectivity index (χ1n) is 7.73. The maximum Gasteiger partial charge on any atom is 0.392 e. The van der Waals surface area contributed by atoms with E-state index in [0.29, 0.717) is 11.7 Å². The zero-order valence-corrected chi connectivity index (χ0v) is 12.5. The molecular formula is C17H23F3O. The summed E-state index contributed by atoms with van der Waals surface area (Å²) in [5.74, 6) is 1.26. The predicted octanol–water partition coefficient (Wildman–Crippen LogP) is 5.45. The predicted molar refractivity (Wildman–Crippen MR) is 77.6 cm³/mol. The third kappa shape index (κ3) is 5.60. The van der Waals surface area contributed by atoms with E-state index >= 15 is 0 Å². The van der Waals surface area contributed by atoms with Crippen molar-refractivity contribution in [2.45, 2.75) is 58.0 Å². The number of halogens is 3. The van der Waals surface area contributed by atoms with Gasteiger partial charge < -0.3 is 4.74 Å². The van der Waals surface area contributed by atoms with E-state index in [9.17, 15) is 13.2 Å². The SMILES string of the molecule is Cc1ccc(OCCC(F)(F)F)cc1CC1CCCCC1. The van der Waals surface area contributed by atoms with Crippen molar-refractivity contribution in [3.63, 3.8) is 0 Å². The third-order valence-electron chi connectivity index (χ3n) is 4.21. The molecule has 2 rings (SSSR count). The van der Waals surface area contributed by atoms with Gasteiger partial charge in [0, 0.05) is 0 Å². The Morgan fingerprint density at radius 3 is 2.52 bits per heavy atom. The summed E-state index contributed by atoms with van der Waals surface area (Å²) in [6.07, 6.45) is 2.40. The number of ether oxygens (including phenoxy) is 1. The number of rotatable bonds is 5. The molecule has 1 aromatic rings. The lowest BCUT2D eigenvalue weighted by molar-refractivity contribution is -0.139. The molecule has 1 nitrogen and oxygen atoms in total. The second kappa shape index (κ2) is 7.19. The van der Waals surface area contributed by atoms with Gasteiger partial charge in [-0.25, -0.2) is 0 Å². The van der Waals surface area contributed by atoms with E-state index < -0.39 is 12.6 Å². The zero-order chi connectivity index (χ0) is 15.3. The molecule has 0 N–H and O–H groups in total. The van der Waals surface area contributed by atoms with Crippen molar-refractivity contribution in [3.8, 4) is 5.75 Å². The molecule has 0 bridgehead atoms. The van der Waals surface area contributed by atoms with Gasteiger partial charge in [-0.05, 0) is 42.5 Å². The van der Waals surface area contributed by atoms with Crippen molar-refractivity contribution >= 4 is 0 Å². The van der Waals surface area contributed by atoms with E-state index in [0.717, 1.165) is 6.42 Å². The first-order chi connectivity index (χ1) is 9.94. The zero-order valence-electron chi connectivity index (χ0n) is 12.5. The van der Waals surface area contributed by atoms with E-state index in [2.05, 4.69) is 6.92 Å². The van der Waals surface area contributed by atoms with Crippen LogP contribution in [0.25, 0.3) is 0 Å². The summed E-state index contributed by atoms with van der Waals surface area (Å²) in [6.45, 7) is 1.74. The highest BCUT2D eigenvalue weighted by Gasteiger charge is 2.26. The molecule has 1 aliphatic rings. The number of benzene rings is 1. The van der Waals surface area contributed by atoms with Crippen LogP contribution in [0.15, 0.2) is 18.2 Å². The molecule has 1 fully saturated rings. The van der Waals surface area contributed by atoms with E-state index in [1.54, 1.807) is 6.07 Å². The molecule has 0 aromatic heterocycles. The standard InChI is InChI=1S/C17H23F3O/c1-13-7-8-16(21-10-9-17(18,19)20)12-15(13)11-14-5-3-2-4-6-14/h7-8,12,14H,2-6,9-11H2,1H3. The van der Waals surface area contributed by atoms with Gasteiger partial charge in [-0.3, -0.25) is 0 Å². The Hall–Kier alpha value is -1.19. The topological polar surface area (TPSA) is 9.23 Å². The second-order valence-electron chi connectivity index (χ2n) is 6.01. The Morgan fingerprint density at radius 1 is 1.14 bits per heavy atom. The Kier molecular flexibility index (Phi) is 5.54. The van der Waals surface area contributed by atoms with E-state index in [4.69, 9.17) is 4.74 Å². The van der Waals surface area contributed by atoms with Crippen LogP contribution < -0.4 is 4.74 Å². The fourth-order valence-corrected chi connectivity index (χ4v) is 2.94. The average Bonchev–Trinajstić information content (AvgIpc) is 2.42. The molecule has 1 aromatic carbocycles. The van der Waals surface area contributed by atoms with Crippen LogP contribution in [-0.2, 0) is 6.42 Å². The van der Waals surface area contributed by atoms with Crippen molar-refractivity contribution < 1.29 is 17.9 Å². The highest BCUT2D eigenvalue weighted by atomic mass is 19.4. The first-order valence-corrected chi connectivity index (χ1v) is 7.73. The summed E-state index contributed by atoms with van der Waals surface area (Å²) in [5.41, 5.74) is 2.41. The lowest BCUT2D eigenvalue weighted by Crippen LogP contribution is -2.13. The van der Waals surface area contributed by atoms with Crippen LogP contribution in [0, 0.1) is 12.8 Å². The molecule has 0 radical (unpaired) electrons. The van der Waals surface area contributed by atoms with Gasteiger partial charge in [-0.1, -0.05) is 38.2 Å². The quantitative estimate of drug-likeness (QED) is 0.702. The van der Waals surface area contributed by atoms with Crippen LogP contribution in [0.1, 0.15) is 49.7 Å². The molecule has 0 unspecified atom stereocenters. The van der Waals surface area contributed by atoms with Crippen LogP contribution in [0.3, 0.4) is 0 Å². The van der Waals surface area contributed by atoms with Crippen molar-refractivity contribution in [1.82, 2.24) is 0 Å². The molecular weight excluding hydrogens is 277 g/mol. The smallest absolute Gasteiger partial charge is 0.392 e. The monoisotopic (exact) mass is 300 g/mol. The molecule has 118 valence electrons. The van der Waals surface area contributed by atoms with Gasteiger partial charge in [0.25, 0.3) is 0 Å². The minimum absolute atomic E-state index is 0.310. The molecule has 0 aliphatic heterocycles. The van der Waals surface area contributed by atoms with Gasteiger partial charge in [0.15, 0.2) is 0 Å². The lowest BCUT2D eigenvalue weighted by atomic mass is 9.84. The van der Waals surface area contributed by atoms with E-state index in [1.165, 1.54) is 43.2 Å². The molecule has 21 heavy (non-hydrogen) atoms. The summed E-state index contributed by atoms with van der Waals surface area (Å²) in [5, 5.41) is 0. The molecule has 0 spiro atoms. The Bertz CT molecular complexity index is 448. The summed E-state index contributed by atoms with van der Waals surface area (Å²) in [6, 6.07) is 5.62. The van der Waals surface area contributed by atoms with Gasteiger partial charge in [0.1, 0.15) is 5.75 Å². The molecule has 0 atom stereocenters. The van der Waals surface area contributed by atoms with Crippen molar-refractivity contribution in [3.05, 3.63) is 29.3 Å². The number of hydrogen-bond donors (Lipinski definition) is 0. The first kappa shape index (κ1) is 16.2. The maximum atomic E-state index is 12.1. The summed E-state index contributed by atoms with van der Waals surface area (Å²) >= 11 is 0. The Balaban J connectivity index is 1.93. The van der Waals surface area contributed by atoms with Gasteiger partial charge in [-0.15, -0.1) is 0 Å². The van der Waals surface area contributed by atoms with Crippen LogP contribution in [0.2, 0.25) is 0 Å². The molecule has 0 amide bonds. The minimum atomic E-state index is -4.16. The number of alkyl halides is 3. The molecule has 1 aliphatic carbocycles. The second-order valence-corrected chi connectivity index (χ2v) is 6.01. The van der Waals surface area contributed by atoms with Gasteiger partial charge in [0.2, 0.25) is 0 Å². The average molecular weight is 300 g/mol. The van der Waals surface area contributed by atoms with Crippen molar-refractivity contribution in [2.24, 2.45) is 5.92 Å². The number of aryl methyl sites for hydroxylation is 1. The largest absolute Gasteiger partial charge is 0.493 e. The molecule has 4 heteroatoms. The lowest BCUT2D eigenvalue weighted by Gasteiger charge is -2.22. The van der Waals surface area contributed by atoms with Crippen molar-refractivity contribution in [1.29, 1.82) is 0 Å². The van der Waals surface area contributed by atoms with Crippen LogP contribution in [0.5, 0.6) is 5.75 Å². The summed E-state index contributed by atoms with van der Waals surface area (Å²) in [7, 11) is 0. The van der Waals surface area contributed by atoms with E-state index in [1.807, 2.05) is 12.1 Å². The van der Waals surface area contributed by atoms with E-state index in [-0.39, 0.29) is 6.61 Å².